The van der Waals surface area contributed by atoms with Gasteiger partial charge in [0.1, 0.15) is 0 Å². The van der Waals surface area contributed by atoms with Crippen LogP contribution in [-0.4, -0.2) is 9.97 Å². The van der Waals surface area contributed by atoms with Gasteiger partial charge in [-0.05, 0) is 50.7 Å². The number of fused-ring (bicyclic) bond motifs is 7. The quantitative estimate of drug-likeness (QED) is 0.275. The fraction of sp³-hybridized carbons (Fsp3) is 0. The van der Waals surface area contributed by atoms with E-state index < -0.39 is 0 Å². The topological polar surface area (TPSA) is 25.8 Å². The lowest BCUT2D eigenvalue weighted by Crippen LogP contribution is -1.88. The van der Waals surface area contributed by atoms with E-state index in [2.05, 4.69) is 88.8 Å². The molecular weight excluding hydrogens is 396 g/mol. The van der Waals surface area contributed by atoms with Crippen LogP contribution >= 0.6 is 11.3 Å². The lowest BCUT2D eigenvalue weighted by atomic mass is 9.93. The molecule has 0 fully saturated rings. The number of thiophene rings is 1. The number of nitrogens with zero attached hydrogens (tertiary/aromatic N) is 2. The molecule has 3 heteroatoms. The first-order valence-electron chi connectivity index (χ1n) is 10.3. The maximum atomic E-state index is 4.64. The molecule has 0 aliphatic heterocycles. The van der Waals surface area contributed by atoms with Crippen LogP contribution < -0.4 is 0 Å². The van der Waals surface area contributed by atoms with Crippen molar-refractivity contribution in [2.75, 3.05) is 0 Å². The molecule has 4 aromatic carbocycles. The predicted molar refractivity (Wildman–Crippen MR) is 130 cm³/mol. The van der Waals surface area contributed by atoms with E-state index in [0.717, 1.165) is 10.7 Å². The van der Waals surface area contributed by atoms with Crippen molar-refractivity contribution in [3.63, 3.8) is 0 Å². The van der Waals surface area contributed by atoms with E-state index >= 15 is 0 Å². The molecular formula is C28H16N2S. The van der Waals surface area contributed by atoms with Crippen LogP contribution in [0.15, 0.2) is 97.3 Å². The van der Waals surface area contributed by atoms with Gasteiger partial charge in [0, 0.05) is 28.0 Å². The third kappa shape index (κ3) is 2.32. The molecule has 7 rings (SSSR count). The van der Waals surface area contributed by atoms with E-state index in [1.807, 2.05) is 29.8 Å². The standard InChI is InChI=1S/C28H16N2S/c1-2-9-18-17(8-1)16-23-21-12-4-3-10-19(21)20-11-5-6-13-22(20)24-25(23)26(18)31-27(24)28-29-14-7-15-30-28/h1-16H. The van der Waals surface area contributed by atoms with Gasteiger partial charge in [-0.2, -0.15) is 0 Å². The summed E-state index contributed by atoms with van der Waals surface area (Å²) >= 11 is 1.81. The van der Waals surface area contributed by atoms with Gasteiger partial charge in [-0.3, -0.25) is 0 Å². The molecule has 1 aliphatic carbocycles. The number of rotatable bonds is 1. The monoisotopic (exact) mass is 412 g/mol. The summed E-state index contributed by atoms with van der Waals surface area (Å²) in [4.78, 5) is 10.4. The molecule has 6 aromatic rings. The molecule has 0 atom stereocenters. The third-order valence-corrected chi connectivity index (χ3v) is 7.37. The van der Waals surface area contributed by atoms with E-state index in [1.54, 1.807) is 0 Å². The molecule has 144 valence electrons. The maximum Gasteiger partial charge on any atom is 0.170 e. The lowest BCUT2D eigenvalue weighted by Gasteiger charge is -2.11. The average molecular weight is 413 g/mol. The van der Waals surface area contributed by atoms with Crippen LogP contribution in [0.3, 0.4) is 0 Å². The van der Waals surface area contributed by atoms with Crippen molar-refractivity contribution < 1.29 is 0 Å². The van der Waals surface area contributed by atoms with Crippen molar-refractivity contribution in [3.05, 3.63) is 97.3 Å². The SMILES string of the molecule is c1cnc(-c2sc3c4c(cc5ccccc53)-c3ccccc3-c3ccccc3-c24)nc1. The fourth-order valence-electron chi connectivity index (χ4n) is 4.87. The minimum absolute atomic E-state index is 0.787. The van der Waals surface area contributed by atoms with Crippen molar-refractivity contribution in [1.82, 2.24) is 9.97 Å². The van der Waals surface area contributed by atoms with Crippen LogP contribution in [0.4, 0.5) is 0 Å². The summed E-state index contributed by atoms with van der Waals surface area (Å²) in [5.74, 6) is 0.787. The summed E-state index contributed by atoms with van der Waals surface area (Å²) in [6.07, 6.45) is 3.66. The molecule has 0 bridgehead atoms. The van der Waals surface area contributed by atoms with Crippen LogP contribution in [0.1, 0.15) is 0 Å². The van der Waals surface area contributed by atoms with Crippen LogP contribution in [0.5, 0.6) is 0 Å². The molecule has 2 aromatic heterocycles. The lowest BCUT2D eigenvalue weighted by molar-refractivity contribution is 1.19. The zero-order chi connectivity index (χ0) is 20.4. The van der Waals surface area contributed by atoms with E-state index in [0.29, 0.717) is 0 Å². The van der Waals surface area contributed by atoms with Crippen LogP contribution in [-0.2, 0) is 0 Å². The van der Waals surface area contributed by atoms with Crippen molar-refractivity contribution in [2.45, 2.75) is 0 Å². The predicted octanol–water partition coefficient (Wildman–Crippen LogP) is 7.83. The Bertz CT molecular complexity index is 1630. The van der Waals surface area contributed by atoms with E-state index in [-0.39, 0.29) is 0 Å². The first kappa shape index (κ1) is 16.9. The van der Waals surface area contributed by atoms with Gasteiger partial charge >= 0.3 is 0 Å². The highest BCUT2D eigenvalue weighted by atomic mass is 32.1. The number of hydrogen-bond acceptors (Lipinski definition) is 3. The second-order valence-corrected chi connectivity index (χ2v) is 8.84. The Balaban J connectivity index is 1.78. The molecule has 0 saturated heterocycles. The summed E-state index contributed by atoms with van der Waals surface area (Å²) in [6.45, 7) is 0. The zero-order valence-corrected chi connectivity index (χ0v) is 17.4. The fourth-order valence-corrected chi connectivity index (χ4v) is 6.19. The molecule has 0 amide bonds. The minimum atomic E-state index is 0.787. The Labute approximate surface area is 183 Å². The first-order chi connectivity index (χ1) is 15.4. The van der Waals surface area contributed by atoms with Gasteiger partial charge in [-0.15, -0.1) is 11.3 Å². The molecule has 2 nitrogen and oxygen atoms in total. The van der Waals surface area contributed by atoms with Gasteiger partial charge in [0.2, 0.25) is 0 Å². The molecule has 1 aliphatic rings. The van der Waals surface area contributed by atoms with Crippen molar-refractivity contribution in [2.24, 2.45) is 0 Å². The van der Waals surface area contributed by atoms with Crippen molar-refractivity contribution in [3.8, 4) is 44.1 Å². The largest absolute Gasteiger partial charge is 0.236 e. The van der Waals surface area contributed by atoms with E-state index in [1.165, 1.54) is 54.2 Å². The highest BCUT2D eigenvalue weighted by molar-refractivity contribution is 7.24. The zero-order valence-electron chi connectivity index (χ0n) is 16.5. The number of hydrogen-bond donors (Lipinski definition) is 0. The van der Waals surface area contributed by atoms with Crippen LogP contribution in [0.2, 0.25) is 0 Å². The Morgan fingerprint density at radius 1 is 0.581 bits per heavy atom. The number of aromatic nitrogens is 2. The Morgan fingerprint density at radius 3 is 1.97 bits per heavy atom. The van der Waals surface area contributed by atoms with Gasteiger partial charge in [-0.1, -0.05) is 72.8 Å². The minimum Gasteiger partial charge on any atom is -0.236 e. The summed E-state index contributed by atoms with van der Waals surface area (Å²) < 4.78 is 1.30. The second-order valence-electron chi connectivity index (χ2n) is 7.82. The van der Waals surface area contributed by atoms with Gasteiger partial charge in [-0.25, -0.2) is 9.97 Å². The normalized spacial score (nSPS) is 11.9. The van der Waals surface area contributed by atoms with Gasteiger partial charge in [0.15, 0.2) is 5.82 Å². The van der Waals surface area contributed by atoms with Gasteiger partial charge in [0.05, 0.1) is 4.88 Å². The Kier molecular flexibility index (Phi) is 3.46. The second kappa shape index (κ2) is 6.34. The highest BCUT2D eigenvalue weighted by Crippen LogP contribution is 2.55. The molecule has 0 spiro atoms. The first-order valence-corrected chi connectivity index (χ1v) is 11.2. The van der Waals surface area contributed by atoms with Crippen LogP contribution in [0, 0.1) is 0 Å². The number of benzene rings is 4. The smallest absolute Gasteiger partial charge is 0.170 e. The molecule has 31 heavy (non-hydrogen) atoms. The molecule has 0 saturated carbocycles. The third-order valence-electron chi connectivity index (χ3n) is 6.16. The summed E-state index contributed by atoms with van der Waals surface area (Å²) in [6, 6.07) is 30.4. The maximum absolute atomic E-state index is 4.64. The molecule has 0 radical (unpaired) electrons. The van der Waals surface area contributed by atoms with E-state index in [4.69, 9.17) is 0 Å². The Hall–Kier alpha value is -3.82. The highest BCUT2D eigenvalue weighted by Gasteiger charge is 2.27. The Morgan fingerprint density at radius 2 is 1.19 bits per heavy atom. The molecule has 2 heterocycles. The van der Waals surface area contributed by atoms with Crippen LogP contribution in [0.25, 0.3) is 64.9 Å². The summed E-state index contributed by atoms with van der Waals surface area (Å²) in [7, 11) is 0. The molecule has 0 unspecified atom stereocenters. The molecule has 0 N–H and O–H groups in total. The van der Waals surface area contributed by atoms with Gasteiger partial charge in [0.25, 0.3) is 0 Å². The van der Waals surface area contributed by atoms with Gasteiger partial charge < -0.3 is 0 Å². The summed E-state index contributed by atoms with van der Waals surface area (Å²) in [5.41, 5.74) is 7.60. The average Bonchev–Trinajstić information content (AvgIpc) is 3.20. The summed E-state index contributed by atoms with van der Waals surface area (Å²) in [5, 5.41) is 3.86. The van der Waals surface area contributed by atoms with Crippen molar-refractivity contribution in [1.29, 1.82) is 0 Å². The van der Waals surface area contributed by atoms with E-state index in [9.17, 15) is 0 Å². The van der Waals surface area contributed by atoms with Crippen molar-refractivity contribution >= 4 is 32.2 Å².